The Morgan fingerprint density at radius 2 is 2.03 bits per heavy atom. The first kappa shape index (κ1) is 22.5. The summed E-state index contributed by atoms with van der Waals surface area (Å²) in [6.07, 6.45) is 2.72. The summed E-state index contributed by atoms with van der Waals surface area (Å²) in [5.41, 5.74) is 1.04. The third kappa shape index (κ3) is 4.71. The number of allylic oxidation sites excluding steroid dienone is 1. The van der Waals surface area contributed by atoms with Crippen LogP contribution in [0.15, 0.2) is 12.2 Å². The summed E-state index contributed by atoms with van der Waals surface area (Å²) in [5, 5.41) is 10.6. The lowest BCUT2D eigenvalue weighted by Gasteiger charge is -2.47. The molecule has 4 aliphatic rings. The van der Waals surface area contributed by atoms with E-state index < -0.39 is 18.0 Å². The van der Waals surface area contributed by atoms with Gasteiger partial charge < -0.3 is 28.8 Å². The number of esters is 1. The lowest BCUT2D eigenvalue weighted by Crippen LogP contribution is -2.58. The van der Waals surface area contributed by atoms with Crippen LogP contribution in [-0.2, 0) is 28.5 Å². The lowest BCUT2D eigenvalue weighted by atomic mass is 9.86. The highest BCUT2D eigenvalue weighted by Gasteiger charge is 2.59. The van der Waals surface area contributed by atoms with Gasteiger partial charge in [-0.3, -0.25) is 4.79 Å². The van der Waals surface area contributed by atoms with Crippen molar-refractivity contribution in [2.75, 3.05) is 7.11 Å². The molecule has 0 amide bonds. The first-order chi connectivity index (χ1) is 14.3. The maximum atomic E-state index is 11.7. The number of fused-ring (bicyclic) bond motifs is 7. The number of halogens is 1. The van der Waals surface area contributed by atoms with Gasteiger partial charge in [-0.1, -0.05) is 5.57 Å². The second-order valence-electron chi connectivity index (χ2n) is 9.25. The zero-order chi connectivity index (χ0) is 21.5. The van der Waals surface area contributed by atoms with Crippen LogP contribution in [0.25, 0.3) is 0 Å². The molecule has 4 saturated heterocycles. The van der Waals surface area contributed by atoms with Crippen LogP contribution in [0.5, 0.6) is 0 Å². The Kier molecular flexibility index (Phi) is 6.78. The van der Waals surface area contributed by atoms with Crippen molar-refractivity contribution < 1.29 is 33.6 Å². The molecule has 0 aromatic carbocycles. The van der Waals surface area contributed by atoms with E-state index in [9.17, 15) is 9.90 Å². The molecular weight excluding hydrogens is 412 g/mol. The van der Waals surface area contributed by atoms with Gasteiger partial charge in [-0.25, -0.2) is 0 Å². The molecule has 30 heavy (non-hydrogen) atoms. The van der Waals surface area contributed by atoms with Crippen LogP contribution in [0.3, 0.4) is 0 Å². The van der Waals surface area contributed by atoms with Crippen molar-refractivity contribution in [1.29, 1.82) is 0 Å². The molecule has 8 heteroatoms. The number of ether oxygens (including phenoxy) is 5. The van der Waals surface area contributed by atoms with Gasteiger partial charge in [0.05, 0.1) is 44.1 Å². The molecule has 4 bridgehead atoms. The van der Waals surface area contributed by atoms with Gasteiger partial charge in [0.25, 0.3) is 0 Å². The van der Waals surface area contributed by atoms with Crippen molar-refractivity contribution in [3.8, 4) is 0 Å². The number of aliphatic hydroxyl groups excluding tert-OH is 1. The number of carbonyl (C=O) groups excluding carboxylic acids is 1. The maximum absolute atomic E-state index is 11.7. The third-order valence-corrected chi connectivity index (χ3v) is 7.06. The summed E-state index contributed by atoms with van der Waals surface area (Å²) >= 11 is 6.48. The molecule has 170 valence electrons. The van der Waals surface area contributed by atoms with E-state index in [1.807, 2.05) is 6.92 Å². The second kappa shape index (κ2) is 9.04. The Bertz CT molecular complexity index is 657. The Morgan fingerprint density at radius 3 is 2.77 bits per heavy atom. The molecule has 4 heterocycles. The number of alkyl halides is 1. The second-order valence-corrected chi connectivity index (χ2v) is 9.86. The van der Waals surface area contributed by atoms with Crippen molar-refractivity contribution in [2.45, 2.75) is 112 Å². The molecule has 4 fully saturated rings. The average molecular weight is 445 g/mol. The van der Waals surface area contributed by atoms with Crippen molar-refractivity contribution >= 4 is 17.6 Å². The first-order valence-corrected chi connectivity index (χ1v) is 11.4. The zero-order valence-electron chi connectivity index (χ0n) is 17.8. The highest BCUT2D eigenvalue weighted by molar-refractivity contribution is 6.20. The summed E-state index contributed by atoms with van der Waals surface area (Å²) in [6, 6.07) is 0. The average Bonchev–Trinajstić information content (AvgIpc) is 2.95. The highest BCUT2D eigenvalue weighted by atomic mass is 35.5. The number of carbonyl (C=O) groups is 1. The van der Waals surface area contributed by atoms with Gasteiger partial charge >= 0.3 is 5.97 Å². The monoisotopic (exact) mass is 444 g/mol. The molecule has 9 atom stereocenters. The molecular formula is C22H33ClO7. The molecule has 0 aliphatic carbocycles. The van der Waals surface area contributed by atoms with Gasteiger partial charge in [-0.2, -0.15) is 0 Å². The van der Waals surface area contributed by atoms with Crippen molar-refractivity contribution in [1.82, 2.24) is 0 Å². The molecule has 2 unspecified atom stereocenters. The molecule has 0 spiro atoms. The zero-order valence-corrected chi connectivity index (χ0v) is 18.5. The number of aliphatic hydroxyl groups is 1. The number of hydrogen-bond acceptors (Lipinski definition) is 7. The molecule has 4 aliphatic heterocycles. The topological polar surface area (TPSA) is 83.5 Å². The van der Waals surface area contributed by atoms with Gasteiger partial charge in [-0.15, -0.1) is 18.2 Å². The predicted molar refractivity (Wildman–Crippen MR) is 109 cm³/mol. The van der Waals surface area contributed by atoms with E-state index in [0.29, 0.717) is 25.7 Å². The minimum absolute atomic E-state index is 0.0535. The third-order valence-electron chi connectivity index (χ3n) is 6.68. The first-order valence-electron chi connectivity index (χ1n) is 11.0. The fourth-order valence-electron chi connectivity index (χ4n) is 5.32. The van der Waals surface area contributed by atoms with E-state index in [1.165, 1.54) is 7.11 Å². The smallest absolute Gasteiger partial charge is 0.308 e. The Morgan fingerprint density at radius 1 is 1.23 bits per heavy atom. The molecule has 4 rings (SSSR count). The van der Waals surface area contributed by atoms with Crippen LogP contribution in [0.1, 0.15) is 58.3 Å². The molecule has 0 radical (unpaired) electrons. The van der Waals surface area contributed by atoms with Gasteiger partial charge in [0, 0.05) is 24.6 Å². The highest BCUT2D eigenvalue weighted by Crippen LogP contribution is 2.48. The normalized spacial score (nSPS) is 43.4. The summed E-state index contributed by atoms with van der Waals surface area (Å²) in [6.45, 7) is 5.90. The van der Waals surface area contributed by atoms with Crippen molar-refractivity contribution in [3.05, 3.63) is 12.2 Å². The molecule has 0 saturated carbocycles. The minimum atomic E-state index is -0.886. The van der Waals surface area contributed by atoms with E-state index in [2.05, 4.69) is 6.58 Å². The van der Waals surface area contributed by atoms with E-state index in [4.69, 9.17) is 35.3 Å². The van der Waals surface area contributed by atoms with Gasteiger partial charge in [0.2, 0.25) is 0 Å². The van der Waals surface area contributed by atoms with Crippen molar-refractivity contribution in [3.63, 3.8) is 0 Å². The number of methoxy groups -OCH3 is 1. The van der Waals surface area contributed by atoms with Crippen LogP contribution >= 0.6 is 11.6 Å². The molecule has 0 aromatic rings. The fourth-order valence-corrected chi connectivity index (χ4v) is 5.69. The van der Waals surface area contributed by atoms with Crippen LogP contribution in [0.4, 0.5) is 0 Å². The Hall–Kier alpha value is -0.700. The van der Waals surface area contributed by atoms with E-state index in [-0.39, 0.29) is 48.3 Å². The molecule has 1 N–H and O–H groups in total. The Balaban J connectivity index is 1.47. The summed E-state index contributed by atoms with van der Waals surface area (Å²) < 4.78 is 30.2. The van der Waals surface area contributed by atoms with Gasteiger partial charge in [-0.05, 0) is 32.6 Å². The fraction of sp³-hybridized carbons (Fsp3) is 0.864. The largest absolute Gasteiger partial charge is 0.469 e. The van der Waals surface area contributed by atoms with Gasteiger partial charge in [0.15, 0.2) is 5.79 Å². The van der Waals surface area contributed by atoms with Crippen molar-refractivity contribution in [2.24, 2.45) is 0 Å². The van der Waals surface area contributed by atoms with E-state index in [0.717, 1.165) is 24.8 Å². The van der Waals surface area contributed by atoms with Crippen LogP contribution in [0, 0.1) is 0 Å². The van der Waals surface area contributed by atoms with Crippen LogP contribution in [-0.4, -0.2) is 72.1 Å². The molecule has 7 nitrogen and oxygen atoms in total. The summed E-state index contributed by atoms with van der Waals surface area (Å²) in [4.78, 5) is 11.7. The Labute approximate surface area is 183 Å². The standard InChI is InChI=1S/C22H33ClO7/c1-12(2)8-13(23)6-7-22-11-15(24)20(30-22)17-10-18(29-22)21-16(28-17)5-4-14(27-21)9-19(25)26-3/h13-18,20-21,24H,1,4-11H2,2-3H3/t13-,14-,15-,16+,17-,18?,20?,21+,22-/m1/s1. The summed E-state index contributed by atoms with van der Waals surface area (Å²) in [5.74, 6) is -1.16. The van der Waals surface area contributed by atoms with E-state index >= 15 is 0 Å². The maximum Gasteiger partial charge on any atom is 0.308 e. The van der Waals surface area contributed by atoms with Crippen LogP contribution < -0.4 is 0 Å². The quantitative estimate of drug-likeness (QED) is 0.367. The summed E-state index contributed by atoms with van der Waals surface area (Å²) in [7, 11) is 1.39. The SMILES string of the molecule is C=C(C)C[C@H](Cl)CC[C@]12C[C@@H](O)C(O1)[C@H]1CC(O2)[C@H]2O[C@@H](CC(=O)OC)CC[C@@H]2O1. The van der Waals surface area contributed by atoms with Gasteiger partial charge in [0.1, 0.15) is 12.2 Å². The van der Waals surface area contributed by atoms with E-state index in [1.54, 1.807) is 0 Å². The number of rotatable bonds is 7. The van der Waals surface area contributed by atoms with Crippen LogP contribution in [0.2, 0.25) is 0 Å². The molecule has 0 aromatic heterocycles. The lowest BCUT2D eigenvalue weighted by molar-refractivity contribution is -0.276. The minimum Gasteiger partial charge on any atom is -0.469 e. The number of hydrogen-bond donors (Lipinski definition) is 1. The predicted octanol–water partition coefficient (Wildman–Crippen LogP) is 2.85.